The zero-order chi connectivity index (χ0) is 20.7. The Hall–Kier alpha value is -1.15. The first-order valence-corrected chi connectivity index (χ1v) is 13.6. The minimum Gasteiger partial charge on any atom is -0.538 e. The van der Waals surface area contributed by atoms with Gasteiger partial charge in [0, 0.05) is 6.42 Å². The number of hydrogen-bond acceptors (Lipinski definition) is 6. The molecule has 1 rings (SSSR count). The van der Waals surface area contributed by atoms with Gasteiger partial charge in [0.05, 0.1) is 6.04 Å². The lowest BCUT2D eigenvalue weighted by atomic mass is 9.98. The number of esters is 1. The highest BCUT2D eigenvalue weighted by molar-refractivity contribution is 7.80. The quantitative estimate of drug-likeness (QED) is 0.367. The van der Waals surface area contributed by atoms with Crippen LogP contribution in [0.3, 0.4) is 0 Å². The molecule has 0 radical (unpaired) electrons. The van der Waals surface area contributed by atoms with Crippen molar-refractivity contribution in [3.8, 4) is 0 Å². The molecule has 1 aliphatic carbocycles. The molecule has 1 atom stereocenters. The number of ether oxygens (including phenoxy) is 2. The van der Waals surface area contributed by atoms with Crippen LogP contribution in [0.25, 0.3) is 0 Å². The third-order valence-corrected chi connectivity index (χ3v) is 5.22. The van der Waals surface area contributed by atoms with Crippen molar-refractivity contribution in [2.24, 2.45) is 0 Å². The van der Waals surface area contributed by atoms with Gasteiger partial charge in [-0.25, -0.2) is 4.79 Å². The van der Waals surface area contributed by atoms with Crippen molar-refractivity contribution in [3.05, 3.63) is 0 Å². The summed E-state index contributed by atoms with van der Waals surface area (Å²) in [5, 5.41) is 3.04. The van der Waals surface area contributed by atoms with Gasteiger partial charge in [0.15, 0.2) is 5.05 Å². The Morgan fingerprint density at radius 1 is 1.15 bits per heavy atom. The number of thiocarbonyl (C=S) groups is 1. The first-order chi connectivity index (χ1) is 12.4. The molecule has 6 nitrogen and oxygen atoms in total. The van der Waals surface area contributed by atoms with Gasteiger partial charge in [-0.2, -0.15) is 0 Å². The third-order valence-electron chi connectivity index (χ3n) is 3.87. The zero-order valence-electron chi connectivity index (χ0n) is 17.6. The number of amides is 1. The molecule has 27 heavy (non-hydrogen) atoms. The van der Waals surface area contributed by atoms with Gasteiger partial charge in [0.25, 0.3) is 0 Å². The number of hydrogen-bond donors (Lipinski definition) is 1. The van der Waals surface area contributed by atoms with Gasteiger partial charge < -0.3 is 19.2 Å². The fourth-order valence-corrected chi connectivity index (χ4v) is 4.43. The summed E-state index contributed by atoms with van der Waals surface area (Å²) in [7, 11) is -1.92. The van der Waals surface area contributed by atoms with E-state index in [9.17, 15) is 9.59 Å². The lowest BCUT2D eigenvalue weighted by molar-refractivity contribution is -0.150. The summed E-state index contributed by atoms with van der Waals surface area (Å²) in [6.45, 7) is 11.4. The Balaban J connectivity index is 2.62. The molecule has 0 aromatic heterocycles. The van der Waals surface area contributed by atoms with Crippen LogP contribution in [0.1, 0.15) is 65.7 Å². The highest BCUT2D eigenvalue weighted by Gasteiger charge is 2.28. The molecule has 0 aromatic rings. The van der Waals surface area contributed by atoms with Crippen LogP contribution in [0.15, 0.2) is 0 Å². The summed E-state index contributed by atoms with van der Waals surface area (Å²) in [6, 6.07) is -0.569. The van der Waals surface area contributed by atoms with Crippen LogP contribution in [0, 0.1) is 0 Å². The van der Waals surface area contributed by atoms with E-state index in [1.807, 2.05) is 19.6 Å². The molecule has 0 bridgehead atoms. The van der Waals surface area contributed by atoms with Gasteiger partial charge in [-0.3, -0.25) is 4.79 Å². The van der Waals surface area contributed by atoms with E-state index in [4.69, 9.17) is 26.1 Å². The fourth-order valence-electron chi connectivity index (χ4n) is 2.76. The normalized spacial score (nSPS) is 17.0. The van der Waals surface area contributed by atoms with E-state index >= 15 is 0 Å². The van der Waals surface area contributed by atoms with E-state index < -0.39 is 26.1 Å². The maximum Gasteiger partial charge on any atom is 0.408 e. The number of carbonyl (C=O) groups excluding carboxylic acids is 2. The molecular weight excluding hydrogens is 382 g/mol. The van der Waals surface area contributed by atoms with Crippen molar-refractivity contribution in [2.45, 2.75) is 103 Å². The van der Waals surface area contributed by atoms with Crippen molar-refractivity contribution in [3.63, 3.8) is 0 Å². The van der Waals surface area contributed by atoms with E-state index in [1.54, 1.807) is 20.8 Å². The lowest BCUT2D eigenvalue weighted by Gasteiger charge is -2.28. The molecule has 0 heterocycles. The minimum absolute atomic E-state index is 0.0219. The van der Waals surface area contributed by atoms with Crippen molar-refractivity contribution in [2.75, 3.05) is 0 Å². The molecular formula is C19H35NO5SSi. The van der Waals surface area contributed by atoms with Gasteiger partial charge in [-0.15, -0.1) is 0 Å². The molecule has 156 valence electrons. The summed E-state index contributed by atoms with van der Waals surface area (Å²) in [5.41, 5.74) is -0.615. The van der Waals surface area contributed by atoms with Crippen LogP contribution < -0.4 is 5.32 Å². The molecule has 0 saturated heterocycles. The molecule has 1 saturated carbocycles. The van der Waals surface area contributed by atoms with Gasteiger partial charge in [0.2, 0.25) is 8.32 Å². The van der Waals surface area contributed by atoms with Gasteiger partial charge in [-0.1, -0.05) is 6.42 Å². The average Bonchev–Trinajstić information content (AvgIpc) is 2.48. The standard InChI is InChI=1S/C19H35NO5SSi/c1-19(2,3)24-18(22)20-15(17(26)25-27(4,5)6)12-13-16(21)23-14-10-8-7-9-11-14/h14-15H,7-13H2,1-6H3,(H,20,22). The predicted molar refractivity (Wildman–Crippen MR) is 112 cm³/mol. The van der Waals surface area contributed by atoms with Gasteiger partial charge in [0.1, 0.15) is 11.7 Å². The Morgan fingerprint density at radius 2 is 1.74 bits per heavy atom. The summed E-state index contributed by atoms with van der Waals surface area (Å²) < 4.78 is 16.7. The van der Waals surface area contributed by atoms with E-state index in [-0.39, 0.29) is 18.5 Å². The Bertz CT molecular complexity index is 521. The summed E-state index contributed by atoms with van der Waals surface area (Å²) in [5.74, 6) is -0.256. The first kappa shape index (κ1) is 23.9. The smallest absolute Gasteiger partial charge is 0.408 e. The summed E-state index contributed by atoms with van der Waals surface area (Å²) in [4.78, 5) is 24.3. The second-order valence-corrected chi connectivity index (χ2v) is 13.9. The Labute approximate surface area is 169 Å². The minimum atomic E-state index is -1.92. The largest absolute Gasteiger partial charge is 0.538 e. The third kappa shape index (κ3) is 11.3. The molecule has 1 amide bonds. The van der Waals surface area contributed by atoms with E-state index in [2.05, 4.69) is 5.32 Å². The molecule has 1 N–H and O–H groups in total. The van der Waals surface area contributed by atoms with E-state index in [0.29, 0.717) is 11.5 Å². The molecule has 1 fully saturated rings. The second kappa shape index (κ2) is 10.4. The number of rotatable bonds is 7. The van der Waals surface area contributed by atoms with Crippen LogP contribution in [0.2, 0.25) is 19.6 Å². The van der Waals surface area contributed by atoms with Crippen molar-refractivity contribution >= 4 is 37.6 Å². The van der Waals surface area contributed by atoms with E-state index in [0.717, 1.165) is 25.7 Å². The van der Waals surface area contributed by atoms with Gasteiger partial charge >= 0.3 is 12.1 Å². The Kier molecular flexibility index (Phi) is 9.21. The summed E-state index contributed by atoms with van der Waals surface area (Å²) in [6.07, 6.45) is 5.23. The molecule has 8 heteroatoms. The predicted octanol–water partition coefficient (Wildman–Crippen LogP) is 4.71. The van der Waals surface area contributed by atoms with Crippen LogP contribution in [-0.4, -0.2) is 43.2 Å². The van der Waals surface area contributed by atoms with Crippen LogP contribution >= 0.6 is 12.2 Å². The molecule has 0 aromatic carbocycles. The maximum absolute atomic E-state index is 12.2. The molecule has 1 unspecified atom stereocenters. The number of carbonyl (C=O) groups is 2. The monoisotopic (exact) mass is 417 g/mol. The van der Waals surface area contributed by atoms with Crippen molar-refractivity contribution in [1.29, 1.82) is 0 Å². The van der Waals surface area contributed by atoms with Crippen LogP contribution in [0.5, 0.6) is 0 Å². The SMILES string of the molecule is CC(C)(C)OC(=O)NC(CCC(=O)OC1CCCCC1)C(=S)O[Si](C)(C)C. The first-order valence-electron chi connectivity index (χ1n) is 9.77. The second-order valence-electron chi connectivity index (χ2n) is 9.02. The average molecular weight is 418 g/mol. The summed E-state index contributed by atoms with van der Waals surface area (Å²) >= 11 is 5.39. The van der Waals surface area contributed by atoms with Gasteiger partial charge in [-0.05, 0) is 84.7 Å². The highest BCUT2D eigenvalue weighted by atomic mass is 32.1. The molecule has 0 aliphatic heterocycles. The zero-order valence-corrected chi connectivity index (χ0v) is 19.4. The van der Waals surface area contributed by atoms with E-state index in [1.165, 1.54) is 6.42 Å². The van der Waals surface area contributed by atoms with Crippen molar-refractivity contribution in [1.82, 2.24) is 5.32 Å². The maximum atomic E-state index is 12.2. The topological polar surface area (TPSA) is 73.9 Å². The highest BCUT2D eigenvalue weighted by Crippen LogP contribution is 2.21. The van der Waals surface area contributed by atoms with Crippen molar-refractivity contribution < 1.29 is 23.5 Å². The van der Waals surface area contributed by atoms with Crippen LogP contribution in [0.4, 0.5) is 4.79 Å². The Morgan fingerprint density at radius 3 is 2.26 bits per heavy atom. The number of alkyl carbamates (subject to hydrolysis) is 1. The molecule has 1 aliphatic rings. The van der Waals surface area contributed by atoms with Crippen LogP contribution in [-0.2, 0) is 18.7 Å². The fraction of sp³-hybridized carbons (Fsp3) is 0.842. The number of nitrogens with one attached hydrogen (secondary N) is 1. The lowest BCUT2D eigenvalue weighted by Crippen LogP contribution is -2.46. The molecule has 0 spiro atoms.